The van der Waals surface area contributed by atoms with Crippen LogP contribution in [0.4, 0.5) is 5.69 Å². The Balaban J connectivity index is 2.05. The SMILES string of the molecule is Cc1cccc(N2C(N)=NCC2c2cc(Br)ccc2Cl)c1. The van der Waals surface area contributed by atoms with Crippen LogP contribution in [0.3, 0.4) is 0 Å². The predicted molar refractivity (Wildman–Crippen MR) is 92.0 cm³/mol. The van der Waals surface area contributed by atoms with Crippen LogP contribution >= 0.6 is 27.5 Å². The van der Waals surface area contributed by atoms with E-state index in [0.717, 1.165) is 20.7 Å². The van der Waals surface area contributed by atoms with Crippen LogP contribution in [0.5, 0.6) is 0 Å². The summed E-state index contributed by atoms with van der Waals surface area (Å²) < 4.78 is 0.997. The van der Waals surface area contributed by atoms with Gasteiger partial charge in [-0.1, -0.05) is 39.7 Å². The summed E-state index contributed by atoms with van der Waals surface area (Å²) in [6.45, 7) is 2.67. The predicted octanol–water partition coefficient (Wildman–Crippen LogP) is 4.29. The summed E-state index contributed by atoms with van der Waals surface area (Å²) in [4.78, 5) is 6.44. The van der Waals surface area contributed by atoms with Crippen LogP contribution in [0.25, 0.3) is 0 Å². The number of nitrogens with two attached hydrogens (primary N) is 1. The maximum atomic E-state index is 6.37. The number of nitrogens with zero attached hydrogens (tertiary/aromatic N) is 2. The third kappa shape index (κ3) is 2.78. The number of aliphatic imine (C=N–C) groups is 1. The van der Waals surface area contributed by atoms with Gasteiger partial charge in [-0.3, -0.25) is 4.99 Å². The van der Waals surface area contributed by atoms with Gasteiger partial charge in [0.15, 0.2) is 5.96 Å². The quantitative estimate of drug-likeness (QED) is 0.864. The highest BCUT2D eigenvalue weighted by atomic mass is 79.9. The zero-order valence-electron chi connectivity index (χ0n) is 11.6. The summed E-state index contributed by atoms with van der Waals surface area (Å²) in [5, 5.41) is 0.728. The normalized spacial score (nSPS) is 18.0. The molecular weight excluding hydrogens is 350 g/mol. The van der Waals surface area contributed by atoms with Gasteiger partial charge in [-0.15, -0.1) is 0 Å². The molecule has 0 saturated heterocycles. The molecule has 1 aliphatic heterocycles. The van der Waals surface area contributed by atoms with Gasteiger partial charge >= 0.3 is 0 Å². The van der Waals surface area contributed by atoms with Crippen molar-refractivity contribution in [2.24, 2.45) is 10.7 Å². The highest BCUT2D eigenvalue weighted by Crippen LogP contribution is 2.36. The first-order chi connectivity index (χ1) is 10.1. The lowest BCUT2D eigenvalue weighted by Crippen LogP contribution is -2.36. The number of rotatable bonds is 2. The minimum Gasteiger partial charge on any atom is -0.369 e. The molecule has 0 amide bonds. The molecule has 0 saturated carbocycles. The number of aryl methyl sites for hydroxylation is 1. The maximum Gasteiger partial charge on any atom is 0.196 e. The first-order valence-electron chi connectivity index (χ1n) is 6.67. The monoisotopic (exact) mass is 363 g/mol. The van der Waals surface area contributed by atoms with Gasteiger partial charge in [0.1, 0.15) is 0 Å². The molecule has 0 bridgehead atoms. The van der Waals surface area contributed by atoms with Crippen LogP contribution in [0.2, 0.25) is 5.02 Å². The second kappa shape index (κ2) is 5.70. The van der Waals surface area contributed by atoms with E-state index in [1.165, 1.54) is 5.56 Å². The van der Waals surface area contributed by atoms with Crippen LogP contribution in [0, 0.1) is 6.92 Å². The summed E-state index contributed by atoms with van der Waals surface area (Å²) in [6.07, 6.45) is 0. The Kier molecular flexibility index (Phi) is 3.91. The van der Waals surface area contributed by atoms with Crippen molar-refractivity contribution in [2.45, 2.75) is 13.0 Å². The lowest BCUT2D eigenvalue weighted by Gasteiger charge is -2.27. The van der Waals surface area contributed by atoms with Crippen LogP contribution in [-0.4, -0.2) is 12.5 Å². The Morgan fingerprint density at radius 1 is 1.29 bits per heavy atom. The lowest BCUT2D eigenvalue weighted by molar-refractivity contribution is 0.768. The summed E-state index contributed by atoms with van der Waals surface area (Å²) >= 11 is 9.87. The number of anilines is 1. The van der Waals surface area contributed by atoms with E-state index in [1.54, 1.807) is 0 Å². The minimum absolute atomic E-state index is 0.0248. The van der Waals surface area contributed by atoms with Gasteiger partial charge in [-0.2, -0.15) is 0 Å². The van der Waals surface area contributed by atoms with Gasteiger partial charge in [0.2, 0.25) is 0 Å². The first-order valence-corrected chi connectivity index (χ1v) is 7.84. The van der Waals surface area contributed by atoms with Crippen LogP contribution < -0.4 is 10.6 Å². The summed E-state index contributed by atoms with van der Waals surface area (Å²) in [5.41, 5.74) is 9.35. The fourth-order valence-corrected chi connectivity index (χ4v) is 3.22. The van der Waals surface area contributed by atoms with E-state index in [-0.39, 0.29) is 6.04 Å². The highest BCUT2D eigenvalue weighted by Gasteiger charge is 2.30. The fourth-order valence-electron chi connectivity index (χ4n) is 2.59. The standard InChI is InChI=1S/C16H15BrClN3/c1-10-3-2-4-12(7-10)21-15(9-20-16(21)19)13-8-11(17)5-6-14(13)18/h2-8,15H,9H2,1H3,(H2,19,20). The Morgan fingerprint density at radius 2 is 2.10 bits per heavy atom. The first kappa shape index (κ1) is 14.4. The van der Waals surface area contributed by atoms with Gasteiger partial charge in [0, 0.05) is 15.2 Å². The molecule has 0 radical (unpaired) electrons. The zero-order chi connectivity index (χ0) is 15.0. The van der Waals surface area contributed by atoms with E-state index in [0.29, 0.717) is 12.5 Å². The van der Waals surface area contributed by atoms with Gasteiger partial charge < -0.3 is 10.6 Å². The molecule has 108 valence electrons. The average molecular weight is 365 g/mol. The van der Waals surface area contributed by atoms with Gasteiger partial charge in [0.05, 0.1) is 12.6 Å². The van der Waals surface area contributed by atoms with Gasteiger partial charge in [0.25, 0.3) is 0 Å². The van der Waals surface area contributed by atoms with E-state index in [1.807, 2.05) is 35.2 Å². The highest BCUT2D eigenvalue weighted by molar-refractivity contribution is 9.10. The maximum absolute atomic E-state index is 6.37. The number of guanidine groups is 1. The fraction of sp³-hybridized carbons (Fsp3) is 0.188. The molecule has 21 heavy (non-hydrogen) atoms. The Labute approximate surface area is 137 Å². The van der Waals surface area contributed by atoms with Gasteiger partial charge in [-0.25, -0.2) is 0 Å². The van der Waals surface area contributed by atoms with Crippen LogP contribution in [-0.2, 0) is 0 Å². The van der Waals surface area contributed by atoms with E-state index in [4.69, 9.17) is 17.3 Å². The molecule has 0 aliphatic carbocycles. The summed E-state index contributed by atoms with van der Waals surface area (Å²) in [7, 11) is 0. The molecule has 1 unspecified atom stereocenters. The lowest BCUT2D eigenvalue weighted by atomic mass is 10.1. The smallest absolute Gasteiger partial charge is 0.196 e. The van der Waals surface area contributed by atoms with Crippen molar-refractivity contribution in [3.05, 3.63) is 63.1 Å². The molecule has 0 fully saturated rings. The minimum atomic E-state index is 0.0248. The van der Waals surface area contributed by atoms with Crippen molar-refractivity contribution in [3.63, 3.8) is 0 Å². The van der Waals surface area contributed by atoms with Crippen molar-refractivity contribution in [1.82, 2.24) is 0 Å². The third-order valence-electron chi connectivity index (χ3n) is 3.58. The number of halogens is 2. The Bertz CT molecular complexity index is 714. The van der Waals surface area contributed by atoms with E-state index < -0.39 is 0 Å². The molecule has 1 aliphatic rings. The van der Waals surface area contributed by atoms with Crippen molar-refractivity contribution in [2.75, 3.05) is 11.4 Å². The molecule has 5 heteroatoms. The van der Waals surface area contributed by atoms with E-state index in [9.17, 15) is 0 Å². The number of benzene rings is 2. The molecule has 1 atom stereocenters. The molecular formula is C16H15BrClN3. The summed E-state index contributed by atoms with van der Waals surface area (Å²) in [5.74, 6) is 0.529. The van der Waals surface area contributed by atoms with Crippen molar-refractivity contribution >= 4 is 39.2 Å². The van der Waals surface area contributed by atoms with E-state index >= 15 is 0 Å². The van der Waals surface area contributed by atoms with Crippen molar-refractivity contribution < 1.29 is 0 Å². The molecule has 1 heterocycles. The molecule has 3 nitrogen and oxygen atoms in total. The molecule has 3 rings (SSSR count). The Morgan fingerprint density at radius 3 is 2.86 bits per heavy atom. The largest absolute Gasteiger partial charge is 0.369 e. The second-order valence-electron chi connectivity index (χ2n) is 5.09. The van der Waals surface area contributed by atoms with Gasteiger partial charge in [-0.05, 0) is 48.4 Å². The molecule has 2 N–H and O–H groups in total. The van der Waals surface area contributed by atoms with Crippen molar-refractivity contribution in [3.8, 4) is 0 Å². The zero-order valence-corrected chi connectivity index (χ0v) is 13.9. The number of hydrogen-bond acceptors (Lipinski definition) is 3. The van der Waals surface area contributed by atoms with Crippen LogP contribution in [0.15, 0.2) is 51.9 Å². The van der Waals surface area contributed by atoms with Crippen molar-refractivity contribution in [1.29, 1.82) is 0 Å². The topological polar surface area (TPSA) is 41.6 Å². The van der Waals surface area contributed by atoms with E-state index in [2.05, 4.69) is 40.0 Å². The molecule has 2 aromatic carbocycles. The number of hydrogen-bond donors (Lipinski definition) is 1. The Hall–Kier alpha value is -1.52. The van der Waals surface area contributed by atoms with Crippen LogP contribution in [0.1, 0.15) is 17.2 Å². The second-order valence-corrected chi connectivity index (χ2v) is 6.41. The third-order valence-corrected chi connectivity index (χ3v) is 4.42. The summed E-state index contributed by atoms with van der Waals surface area (Å²) in [6, 6.07) is 14.1. The molecule has 0 aromatic heterocycles. The average Bonchev–Trinajstić information content (AvgIpc) is 2.83. The molecule has 2 aromatic rings. The molecule has 0 spiro atoms.